The zero-order valence-corrected chi connectivity index (χ0v) is 14.9. The van der Waals surface area contributed by atoms with Crippen LogP contribution in [0.5, 0.6) is 0 Å². The summed E-state index contributed by atoms with van der Waals surface area (Å²) in [5, 5.41) is 0. The molecule has 1 aromatic rings. The molecule has 2 aliphatic heterocycles. The Kier molecular flexibility index (Phi) is 5.06. The first-order chi connectivity index (χ1) is 11.5. The number of aryl methyl sites for hydroxylation is 2. The van der Waals surface area contributed by atoms with Gasteiger partial charge in [0, 0.05) is 38.5 Å². The van der Waals surface area contributed by atoms with Gasteiger partial charge in [0.1, 0.15) is 5.56 Å². The molecule has 2 fully saturated rings. The molecule has 0 saturated carbocycles. The van der Waals surface area contributed by atoms with Crippen LogP contribution in [0.4, 0.5) is 0 Å². The van der Waals surface area contributed by atoms with Crippen molar-refractivity contribution in [2.45, 2.75) is 39.3 Å². The van der Waals surface area contributed by atoms with Gasteiger partial charge in [0.05, 0.1) is 12.6 Å². The summed E-state index contributed by atoms with van der Waals surface area (Å²) in [6.45, 7) is 8.12. The maximum absolute atomic E-state index is 13.0. The van der Waals surface area contributed by atoms with Crippen LogP contribution in [0, 0.1) is 13.8 Å². The third-order valence-corrected chi connectivity index (χ3v) is 5.12. The van der Waals surface area contributed by atoms with Crippen LogP contribution in [0.3, 0.4) is 0 Å². The predicted molar refractivity (Wildman–Crippen MR) is 92.6 cm³/mol. The van der Waals surface area contributed by atoms with Crippen molar-refractivity contribution >= 4 is 5.91 Å². The molecule has 6 heteroatoms. The van der Waals surface area contributed by atoms with E-state index in [9.17, 15) is 9.59 Å². The Morgan fingerprint density at radius 2 is 1.96 bits per heavy atom. The average molecular weight is 333 g/mol. The van der Waals surface area contributed by atoms with Crippen molar-refractivity contribution in [3.8, 4) is 0 Å². The fourth-order valence-electron chi connectivity index (χ4n) is 3.57. The van der Waals surface area contributed by atoms with Crippen LogP contribution in [0.15, 0.2) is 10.9 Å². The topological polar surface area (TPSA) is 54.8 Å². The van der Waals surface area contributed by atoms with Crippen LogP contribution < -0.4 is 5.56 Å². The van der Waals surface area contributed by atoms with E-state index in [0.717, 1.165) is 43.8 Å². The summed E-state index contributed by atoms with van der Waals surface area (Å²) < 4.78 is 7.38. The van der Waals surface area contributed by atoms with Crippen LogP contribution in [-0.2, 0) is 11.3 Å². The fraction of sp³-hybridized carbons (Fsp3) is 0.667. The third-order valence-electron chi connectivity index (χ3n) is 5.12. The molecule has 1 amide bonds. The van der Waals surface area contributed by atoms with E-state index >= 15 is 0 Å². The highest BCUT2D eigenvalue weighted by Gasteiger charge is 2.26. The maximum Gasteiger partial charge on any atom is 0.263 e. The van der Waals surface area contributed by atoms with Crippen LogP contribution >= 0.6 is 0 Å². The summed E-state index contributed by atoms with van der Waals surface area (Å²) in [6.07, 6.45) is 2.09. The molecule has 0 spiro atoms. The van der Waals surface area contributed by atoms with Gasteiger partial charge >= 0.3 is 0 Å². The maximum atomic E-state index is 13.0. The molecule has 0 radical (unpaired) electrons. The Hall–Kier alpha value is -1.66. The molecule has 0 aliphatic carbocycles. The van der Waals surface area contributed by atoms with E-state index in [0.29, 0.717) is 25.2 Å². The zero-order chi connectivity index (χ0) is 17.3. The number of nitrogens with zero attached hydrogens (tertiary/aromatic N) is 3. The predicted octanol–water partition coefficient (Wildman–Crippen LogP) is 1.03. The van der Waals surface area contributed by atoms with E-state index in [-0.39, 0.29) is 17.6 Å². The second-order valence-electron chi connectivity index (χ2n) is 6.99. The zero-order valence-electron chi connectivity index (χ0n) is 14.9. The summed E-state index contributed by atoms with van der Waals surface area (Å²) in [7, 11) is 2.05. The lowest BCUT2D eigenvalue weighted by Gasteiger charge is -2.32. The number of ether oxygens (including phenoxy) is 1. The molecular formula is C18H27N3O3. The number of piperazine rings is 1. The minimum atomic E-state index is -0.174. The third kappa shape index (κ3) is 3.39. The molecule has 0 aromatic carbocycles. The highest BCUT2D eigenvalue weighted by atomic mass is 16.5. The molecule has 3 rings (SSSR count). The number of carbonyl (C=O) groups excluding carboxylic acids is 1. The summed E-state index contributed by atoms with van der Waals surface area (Å²) in [4.78, 5) is 29.9. The van der Waals surface area contributed by atoms with Gasteiger partial charge < -0.3 is 19.1 Å². The van der Waals surface area contributed by atoms with Crippen molar-refractivity contribution in [1.29, 1.82) is 0 Å². The van der Waals surface area contributed by atoms with Gasteiger partial charge in [-0.2, -0.15) is 0 Å². The summed E-state index contributed by atoms with van der Waals surface area (Å²) >= 11 is 0. The normalized spacial score (nSPS) is 22.1. The fourth-order valence-corrected chi connectivity index (χ4v) is 3.57. The number of carbonyl (C=O) groups is 1. The van der Waals surface area contributed by atoms with Crippen LogP contribution in [0.1, 0.15) is 34.5 Å². The van der Waals surface area contributed by atoms with E-state index in [1.54, 1.807) is 9.47 Å². The Morgan fingerprint density at radius 3 is 2.58 bits per heavy atom. The molecule has 1 aromatic heterocycles. The lowest BCUT2D eigenvalue weighted by atomic mass is 10.1. The standard InChI is InChI=1S/C18H27N3O3/c1-13-11-14(2)21(12-15-5-4-10-24-15)18(23)16(13)17(22)20-8-6-19(3)7-9-20/h11,15H,4-10,12H2,1-3H3/t15-/m0/s1. The minimum absolute atomic E-state index is 0.0793. The van der Waals surface area contributed by atoms with Gasteiger partial charge in [-0.3, -0.25) is 9.59 Å². The van der Waals surface area contributed by atoms with Gasteiger partial charge in [-0.15, -0.1) is 0 Å². The van der Waals surface area contributed by atoms with Crippen molar-refractivity contribution in [2.24, 2.45) is 0 Å². The molecule has 3 heterocycles. The van der Waals surface area contributed by atoms with Crippen LogP contribution in [-0.4, -0.2) is 66.2 Å². The lowest BCUT2D eigenvalue weighted by Crippen LogP contribution is -2.49. The van der Waals surface area contributed by atoms with Gasteiger partial charge in [-0.1, -0.05) is 0 Å². The van der Waals surface area contributed by atoms with E-state index in [4.69, 9.17) is 4.74 Å². The number of amides is 1. The van der Waals surface area contributed by atoms with Gasteiger partial charge in [0.2, 0.25) is 0 Å². The molecule has 0 bridgehead atoms. The number of hydrogen-bond acceptors (Lipinski definition) is 4. The Labute approximate surface area is 143 Å². The van der Waals surface area contributed by atoms with E-state index < -0.39 is 0 Å². The molecular weight excluding hydrogens is 306 g/mol. The van der Waals surface area contributed by atoms with Crippen LogP contribution in [0.25, 0.3) is 0 Å². The molecule has 2 aliphatic rings. The van der Waals surface area contributed by atoms with E-state index in [2.05, 4.69) is 4.90 Å². The Balaban J connectivity index is 1.89. The first kappa shape index (κ1) is 17.2. The highest BCUT2D eigenvalue weighted by molar-refractivity contribution is 5.95. The molecule has 0 N–H and O–H groups in total. The van der Waals surface area contributed by atoms with Gasteiger partial charge in [0.15, 0.2) is 0 Å². The molecule has 2 saturated heterocycles. The SMILES string of the molecule is Cc1cc(C)n(C[C@@H]2CCCO2)c(=O)c1C(=O)N1CCN(C)CC1. The molecule has 132 valence electrons. The van der Waals surface area contributed by atoms with E-state index in [1.165, 1.54) is 0 Å². The Bertz CT molecular complexity index is 669. The number of aromatic nitrogens is 1. The second kappa shape index (κ2) is 7.07. The lowest BCUT2D eigenvalue weighted by molar-refractivity contribution is 0.0658. The van der Waals surface area contributed by atoms with Crippen molar-refractivity contribution < 1.29 is 9.53 Å². The molecule has 1 atom stereocenters. The Morgan fingerprint density at radius 1 is 1.25 bits per heavy atom. The second-order valence-corrected chi connectivity index (χ2v) is 6.99. The largest absolute Gasteiger partial charge is 0.376 e. The van der Waals surface area contributed by atoms with Crippen molar-refractivity contribution in [1.82, 2.24) is 14.4 Å². The average Bonchev–Trinajstić information content (AvgIpc) is 3.05. The van der Waals surface area contributed by atoms with Gasteiger partial charge in [0.25, 0.3) is 11.5 Å². The number of rotatable bonds is 3. The summed E-state index contributed by atoms with van der Waals surface area (Å²) in [5.74, 6) is -0.133. The molecule has 24 heavy (non-hydrogen) atoms. The van der Waals surface area contributed by atoms with Crippen molar-refractivity contribution in [2.75, 3.05) is 39.8 Å². The quantitative estimate of drug-likeness (QED) is 0.829. The number of likely N-dealkylation sites (N-methyl/N-ethyl adjacent to an activating group) is 1. The highest BCUT2D eigenvalue weighted by Crippen LogP contribution is 2.16. The van der Waals surface area contributed by atoms with E-state index in [1.807, 2.05) is 27.0 Å². The summed E-state index contributed by atoms with van der Waals surface area (Å²) in [6, 6.07) is 1.94. The van der Waals surface area contributed by atoms with Gasteiger partial charge in [-0.25, -0.2) is 0 Å². The number of pyridine rings is 1. The number of hydrogen-bond donors (Lipinski definition) is 0. The summed E-state index contributed by atoms with van der Waals surface area (Å²) in [5.41, 5.74) is 1.81. The first-order valence-electron chi connectivity index (χ1n) is 8.78. The molecule has 6 nitrogen and oxygen atoms in total. The monoisotopic (exact) mass is 333 g/mol. The van der Waals surface area contributed by atoms with Crippen molar-refractivity contribution in [3.05, 3.63) is 33.2 Å². The van der Waals surface area contributed by atoms with Gasteiger partial charge in [-0.05, 0) is 45.4 Å². The molecule has 0 unspecified atom stereocenters. The van der Waals surface area contributed by atoms with Crippen LogP contribution in [0.2, 0.25) is 0 Å². The smallest absolute Gasteiger partial charge is 0.263 e. The first-order valence-corrected chi connectivity index (χ1v) is 8.78. The van der Waals surface area contributed by atoms with Crippen molar-refractivity contribution in [3.63, 3.8) is 0 Å². The minimum Gasteiger partial charge on any atom is -0.376 e.